The second-order valence-corrected chi connectivity index (χ2v) is 7.40. The molecule has 1 amide bonds. The highest BCUT2D eigenvalue weighted by Gasteiger charge is 2.23. The Labute approximate surface area is 167 Å². The molecule has 0 aliphatic carbocycles. The summed E-state index contributed by atoms with van der Waals surface area (Å²) in [5.41, 5.74) is 6.52. The lowest BCUT2D eigenvalue weighted by atomic mass is 10.1. The molecule has 146 valence electrons. The van der Waals surface area contributed by atoms with Gasteiger partial charge in [-0.3, -0.25) is 14.5 Å². The minimum absolute atomic E-state index is 0.107. The van der Waals surface area contributed by atoms with Crippen molar-refractivity contribution in [2.45, 2.75) is 33.4 Å². The highest BCUT2D eigenvalue weighted by atomic mass is 16.2. The molecule has 0 radical (unpaired) electrons. The first-order valence-corrected chi connectivity index (χ1v) is 9.68. The maximum Gasteiger partial charge on any atom is 0.274 e. The first-order chi connectivity index (χ1) is 14.1. The first kappa shape index (κ1) is 17.5. The summed E-state index contributed by atoms with van der Waals surface area (Å²) < 4.78 is 1.98. The zero-order valence-electron chi connectivity index (χ0n) is 16.4. The molecule has 8 heteroatoms. The Kier molecular flexibility index (Phi) is 4.12. The summed E-state index contributed by atoms with van der Waals surface area (Å²) in [6, 6.07) is 6.16. The van der Waals surface area contributed by atoms with Crippen molar-refractivity contribution in [1.29, 1.82) is 0 Å². The summed E-state index contributed by atoms with van der Waals surface area (Å²) in [6.07, 6.45) is 5.45. The number of nitrogens with zero attached hydrogens (tertiary/aromatic N) is 6. The lowest BCUT2D eigenvalue weighted by molar-refractivity contribution is 0.0739. The van der Waals surface area contributed by atoms with Gasteiger partial charge in [-0.2, -0.15) is 5.10 Å². The van der Waals surface area contributed by atoms with Crippen LogP contribution >= 0.6 is 0 Å². The van der Waals surface area contributed by atoms with Crippen molar-refractivity contribution in [2.75, 3.05) is 6.54 Å². The van der Waals surface area contributed by atoms with Gasteiger partial charge in [0, 0.05) is 25.5 Å². The normalized spacial score (nSPS) is 14.1. The fourth-order valence-corrected chi connectivity index (χ4v) is 3.76. The van der Waals surface area contributed by atoms with Gasteiger partial charge in [-0.05, 0) is 43.5 Å². The molecule has 29 heavy (non-hydrogen) atoms. The topological polar surface area (TPSA) is 92.6 Å². The van der Waals surface area contributed by atoms with E-state index in [1.54, 1.807) is 17.3 Å². The van der Waals surface area contributed by atoms with E-state index in [2.05, 4.69) is 40.9 Å². The number of hydrogen-bond donors (Lipinski definition) is 1. The van der Waals surface area contributed by atoms with Crippen molar-refractivity contribution in [3.8, 4) is 11.5 Å². The SMILES string of the molecule is Cc1ccc2[nH]c(-c3cc4n(n3)CCCN(C(=O)c3cnccn3)C4)nc2c1C. The van der Waals surface area contributed by atoms with Gasteiger partial charge in [-0.15, -0.1) is 0 Å². The van der Waals surface area contributed by atoms with E-state index >= 15 is 0 Å². The number of amides is 1. The minimum atomic E-state index is -0.107. The van der Waals surface area contributed by atoms with Crippen molar-refractivity contribution in [1.82, 2.24) is 34.6 Å². The van der Waals surface area contributed by atoms with Crippen LogP contribution in [-0.2, 0) is 13.1 Å². The molecule has 0 unspecified atom stereocenters. The van der Waals surface area contributed by atoms with Crippen molar-refractivity contribution < 1.29 is 4.79 Å². The van der Waals surface area contributed by atoms with Gasteiger partial charge in [0.25, 0.3) is 5.91 Å². The number of aromatic amines is 1. The third-order valence-corrected chi connectivity index (χ3v) is 5.50. The van der Waals surface area contributed by atoms with Crippen LogP contribution in [0.2, 0.25) is 0 Å². The van der Waals surface area contributed by atoms with Gasteiger partial charge in [0.15, 0.2) is 5.82 Å². The first-order valence-electron chi connectivity index (χ1n) is 9.68. The number of nitrogens with one attached hydrogen (secondary N) is 1. The van der Waals surface area contributed by atoms with E-state index < -0.39 is 0 Å². The fraction of sp³-hybridized carbons (Fsp3) is 0.286. The molecule has 1 aliphatic heterocycles. The van der Waals surface area contributed by atoms with Gasteiger partial charge in [0.05, 0.1) is 29.5 Å². The van der Waals surface area contributed by atoms with Crippen LogP contribution in [0.3, 0.4) is 0 Å². The van der Waals surface area contributed by atoms with E-state index in [4.69, 9.17) is 10.1 Å². The summed E-state index contributed by atoms with van der Waals surface area (Å²) >= 11 is 0. The van der Waals surface area contributed by atoms with Crippen LogP contribution in [0.15, 0.2) is 36.8 Å². The van der Waals surface area contributed by atoms with E-state index in [9.17, 15) is 4.79 Å². The third kappa shape index (κ3) is 3.06. The highest BCUT2D eigenvalue weighted by Crippen LogP contribution is 2.25. The molecule has 1 aliphatic rings. The minimum Gasteiger partial charge on any atom is -0.337 e. The number of imidazole rings is 1. The van der Waals surface area contributed by atoms with Gasteiger partial charge < -0.3 is 9.88 Å². The number of benzene rings is 1. The molecule has 0 fully saturated rings. The molecular formula is C21H21N7O. The predicted molar refractivity (Wildman–Crippen MR) is 108 cm³/mol. The zero-order chi connectivity index (χ0) is 20.0. The Bertz CT molecular complexity index is 1210. The molecule has 1 N–H and O–H groups in total. The maximum atomic E-state index is 12.8. The number of aromatic nitrogens is 6. The summed E-state index contributed by atoms with van der Waals surface area (Å²) in [6.45, 7) is 6.08. The third-order valence-electron chi connectivity index (χ3n) is 5.50. The average Bonchev–Trinajstić information content (AvgIpc) is 3.30. The molecule has 3 aromatic heterocycles. The maximum absolute atomic E-state index is 12.8. The molecule has 8 nitrogen and oxygen atoms in total. The van der Waals surface area contributed by atoms with E-state index in [0.717, 1.165) is 41.2 Å². The number of hydrogen-bond acceptors (Lipinski definition) is 5. The quantitative estimate of drug-likeness (QED) is 0.571. The Morgan fingerprint density at radius 1 is 1.17 bits per heavy atom. The number of carbonyl (C=O) groups excluding carboxylic acids is 1. The molecule has 0 bridgehead atoms. The lowest BCUT2D eigenvalue weighted by Gasteiger charge is -2.19. The van der Waals surface area contributed by atoms with Crippen LogP contribution in [0.5, 0.6) is 0 Å². The molecule has 4 heterocycles. The molecule has 4 aromatic rings. The van der Waals surface area contributed by atoms with Gasteiger partial charge in [-0.1, -0.05) is 6.07 Å². The summed E-state index contributed by atoms with van der Waals surface area (Å²) in [4.78, 5) is 30.9. The van der Waals surface area contributed by atoms with Crippen LogP contribution in [-0.4, -0.2) is 47.1 Å². The van der Waals surface area contributed by atoms with Crippen LogP contribution in [0.25, 0.3) is 22.6 Å². The van der Waals surface area contributed by atoms with Crippen LogP contribution in [0.1, 0.15) is 33.7 Å². The number of H-pyrrole nitrogens is 1. The molecular weight excluding hydrogens is 366 g/mol. The van der Waals surface area contributed by atoms with Crippen molar-refractivity contribution >= 4 is 16.9 Å². The number of rotatable bonds is 2. The Morgan fingerprint density at radius 3 is 2.90 bits per heavy atom. The Balaban J connectivity index is 1.47. The number of carbonyl (C=O) groups is 1. The molecule has 0 saturated heterocycles. The molecule has 1 aromatic carbocycles. The van der Waals surface area contributed by atoms with Crippen molar-refractivity contribution in [3.63, 3.8) is 0 Å². The fourth-order valence-electron chi connectivity index (χ4n) is 3.76. The van der Waals surface area contributed by atoms with Crippen molar-refractivity contribution in [2.24, 2.45) is 0 Å². The van der Waals surface area contributed by atoms with E-state index in [1.807, 2.05) is 10.7 Å². The second-order valence-electron chi connectivity index (χ2n) is 7.40. The van der Waals surface area contributed by atoms with Gasteiger partial charge in [-0.25, -0.2) is 9.97 Å². The summed E-state index contributed by atoms with van der Waals surface area (Å²) in [7, 11) is 0. The monoisotopic (exact) mass is 387 g/mol. The smallest absolute Gasteiger partial charge is 0.274 e. The van der Waals surface area contributed by atoms with Gasteiger partial charge >= 0.3 is 0 Å². The van der Waals surface area contributed by atoms with Crippen LogP contribution in [0, 0.1) is 13.8 Å². The van der Waals surface area contributed by atoms with E-state index in [0.29, 0.717) is 18.8 Å². The largest absolute Gasteiger partial charge is 0.337 e. The molecule has 0 saturated carbocycles. The van der Waals surface area contributed by atoms with Crippen molar-refractivity contribution in [3.05, 3.63) is 59.3 Å². The number of aryl methyl sites for hydroxylation is 3. The molecule has 5 rings (SSSR count). The second kappa shape index (κ2) is 6.80. The summed E-state index contributed by atoms with van der Waals surface area (Å²) in [5.74, 6) is 0.644. The molecule has 0 spiro atoms. The van der Waals surface area contributed by atoms with E-state index in [-0.39, 0.29) is 5.91 Å². The Hall–Kier alpha value is -3.55. The average molecular weight is 387 g/mol. The number of fused-ring (bicyclic) bond motifs is 2. The Morgan fingerprint density at radius 2 is 2.07 bits per heavy atom. The standard InChI is InChI=1S/C21H21N7O/c1-13-4-5-16-19(14(13)2)25-20(24-16)17-10-15-12-27(8-3-9-28(15)26-17)21(29)18-11-22-6-7-23-18/h4-7,10-11H,3,8-9,12H2,1-2H3,(H,24,25). The zero-order valence-corrected chi connectivity index (χ0v) is 16.4. The van der Waals surface area contributed by atoms with Crippen LogP contribution in [0.4, 0.5) is 0 Å². The lowest BCUT2D eigenvalue weighted by Crippen LogP contribution is -2.31. The van der Waals surface area contributed by atoms with Gasteiger partial charge in [0.1, 0.15) is 11.4 Å². The highest BCUT2D eigenvalue weighted by molar-refractivity contribution is 5.92. The van der Waals surface area contributed by atoms with Crippen LogP contribution < -0.4 is 0 Å². The molecule has 0 atom stereocenters. The van der Waals surface area contributed by atoms with Gasteiger partial charge in [0.2, 0.25) is 0 Å². The summed E-state index contributed by atoms with van der Waals surface area (Å²) in [5, 5.41) is 4.75. The predicted octanol–water partition coefficient (Wildman–Crippen LogP) is 2.88. The van der Waals surface area contributed by atoms with E-state index in [1.165, 1.54) is 17.3 Å².